The molecule has 1 aliphatic rings. The summed E-state index contributed by atoms with van der Waals surface area (Å²) in [5, 5.41) is 2.87. The average Bonchev–Trinajstić information content (AvgIpc) is 2.26. The summed E-state index contributed by atoms with van der Waals surface area (Å²) in [6.07, 6.45) is 4.25. The minimum atomic E-state index is -0.681. The lowest BCUT2D eigenvalue weighted by molar-refractivity contribution is -0.123. The maximum Gasteiger partial charge on any atom is 0.244 e. The molecule has 2 rings (SSSR count). The smallest absolute Gasteiger partial charge is 0.244 e. The van der Waals surface area contributed by atoms with Crippen LogP contribution in [-0.4, -0.2) is 30.5 Å². The van der Waals surface area contributed by atoms with Crippen molar-refractivity contribution in [2.45, 2.75) is 24.8 Å². The molecule has 0 bridgehead atoms. The van der Waals surface area contributed by atoms with Crippen molar-refractivity contribution < 1.29 is 4.79 Å². The number of carbonyl (C=O) groups is 1. The van der Waals surface area contributed by atoms with Crippen LogP contribution in [0.15, 0.2) is 18.3 Å². The van der Waals surface area contributed by atoms with Crippen molar-refractivity contribution in [3.8, 4) is 0 Å². The predicted molar refractivity (Wildman–Crippen MR) is 68.0 cm³/mol. The molecule has 0 aliphatic heterocycles. The number of nitrogens with two attached hydrogens (primary N) is 1. The first kappa shape index (κ1) is 11.9. The third-order valence-electron chi connectivity index (χ3n) is 3.16. The molecule has 0 aromatic carbocycles. The first-order valence-corrected chi connectivity index (χ1v) is 5.76. The number of carbonyl (C=O) groups excluding carboxylic acids is 1. The van der Waals surface area contributed by atoms with Gasteiger partial charge in [-0.25, -0.2) is 4.98 Å². The van der Waals surface area contributed by atoms with Gasteiger partial charge < -0.3 is 16.0 Å². The lowest BCUT2D eigenvalue weighted by Gasteiger charge is -2.36. The molecule has 1 heterocycles. The van der Waals surface area contributed by atoms with Gasteiger partial charge in [0.2, 0.25) is 5.91 Å². The summed E-state index contributed by atoms with van der Waals surface area (Å²) in [5.74, 6) is 0.628. The van der Waals surface area contributed by atoms with Gasteiger partial charge >= 0.3 is 0 Å². The van der Waals surface area contributed by atoms with E-state index in [1.807, 2.05) is 25.1 Å². The van der Waals surface area contributed by atoms with Gasteiger partial charge in [0, 0.05) is 20.3 Å². The molecule has 17 heavy (non-hydrogen) atoms. The van der Waals surface area contributed by atoms with Crippen molar-refractivity contribution in [1.29, 1.82) is 0 Å². The highest BCUT2D eigenvalue weighted by atomic mass is 16.2. The molecule has 1 amide bonds. The van der Waals surface area contributed by atoms with Gasteiger partial charge in [0.15, 0.2) is 5.82 Å². The van der Waals surface area contributed by atoms with Gasteiger partial charge in [-0.3, -0.25) is 4.79 Å². The quantitative estimate of drug-likeness (QED) is 0.817. The molecular weight excluding hydrogens is 216 g/mol. The Bertz CT molecular complexity index is 426. The van der Waals surface area contributed by atoms with Crippen LogP contribution in [0.1, 0.15) is 19.3 Å². The molecule has 5 heteroatoms. The van der Waals surface area contributed by atoms with E-state index in [-0.39, 0.29) is 5.91 Å². The number of hydrogen-bond donors (Lipinski definition) is 2. The Morgan fingerprint density at radius 1 is 1.53 bits per heavy atom. The van der Waals surface area contributed by atoms with Crippen LogP contribution in [0.5, 0.6) is 0 Å². The second-order valence-electron chi connectivity index (χ2n) is 4.73. The van der Waals surface area contributed by atoms with Crippen LogP contribution in [0.3, 0.4) is 0 Å². The van der Waals surface area contributed by atoms with Gasteiger partial charge in [-0.05, 0) is 31.4 Å². The average molecular weight is 234 g/mol. The first-order valence-electron chi connectivity index (χ1n) is 5.76. The maximum atomic E-state index is 12.0. The molecule has 0 saturated heterocycles. The topological polar surface area (TPSA) is 71.2 Å². The minimum absolute atomic E-state index is 0.111. The van der Waals surface area contributed by atoms with Crippen LogP contribution in [0.2, 0.25) is 0 Å². The van der Waals surface area contributed by atoms with Crippen LogP contribution >= 0.6 is 0 Å². The number of amides is 1. The Labute approximate surface area is 101 Å². The van der Waals surface area contributed by atoms with Crippen LogP contribution < -0.4 is 16.0 Å². The summed E-state index contributed by atoms with van der Waals surface area (Å²) in [7, 11) is 3.78. The van der Waals surface area contributed by atoms with E-state index in [1.165, 1.54) is 0 Å². The van der Waals surface area contributed by atoms with E-state index in [0.29, 0.717) is 5.69 Å². The van der Waals surface area contributed by atoms with Crippen molar-refractivity contribution in [2.24, 2.45) is 5.73 Å². The Morgan fingerprint density at radius 3 is 2.76 bits per heavy atom. The highest BCUT2D eigenvalue weighted by Crippen LogP contribution is 2.31. The Hall–Kier alpha value is -1.62. The minimum Gasteiger partial charge on any atom is -0.361 e. The molecule has 92 valence electrons. The lowest BCUT2D eigenvalue weighted by atomic mass is 9.77. The van der Waals surface area contributed by atoms with Gasteiger partial charge in [0.1, 0.15) is 0 Å². The van der Waals surface area contributed by atoms with Crippen molar-refractivity contribution in [2.75, 3.05) is 24.3 Å². The van der Waals surface area contributed by atoms with Gasteiger partial charge in [-0.2, -0.15) is 0 Å². The maximum absolute atomic E-state index is 12.0. The normalized spacial score (nSPS) is 17.1. The van der Waals surface area contributed by atoms with Gasteiger partial charge in [-0.15, -0.1) is 0 Å². The van der Waals surface area contributed by atoms with E-state index in [2.05, 4.69) is 10.3 Å². The van der Waals surface area contributed by atoms with Crippen LogP contribution in [0.25, 0.3) is 0 Å². The van der Waals surface area contributed by atoms with E-state index in [1.54, 1.807) is 12.3 Å². The monoisotopic (exact) mass is 234 g/mol. The van der Waals surface area contributed by atoms with E-state index >= 15 is 0 Å². The third kappa shape index (κ3) is 2.24. The van der Waals surface area contributed by atoms with Gasteiger partial charge in [0.05, 0.1) is 11.2 Å². The number of nitrogens with one attached hydrogen (secondary N) is 1. The number of hydrogen-bond acceptors (Lipinski definition) is 4. The van der Waals surface area contributed by atoms with Crippen LogP contribution in [0, 0.1) is 0 Å². The molecule has 1 aromatic heterocycles. The van der Waals surface area contributed by atoms with Crippen molar-refractivity contribution >= 4 is 17.4 Å². The van der Waals surface area contributed by atoms with Gasteiger partial charge in [-0.1, -0.05) is 0 Å². The summed E-state index contributed by atoms with van der Waals surface area (Å²) in [4.78, 5) is 18.1. The molecule has 3 N–H and O–H groups in total. The number of nitrogens with zero attached hydrogens (tertiary/aromatic N) is 2. The Morgan fingerprint density at radius 2 is 2.24 bits per heavy atom. The molecule has 1 aromatic rings. The molecule has 1 fully saturated rings. The van der Waals surface area contributed by atoms with Crippen molar-refractivity contribution in [3.63, 3.8) is 0 Å². The van der Waals surface area contributed by atoms with Crippen molar-refractivity contribution in [3.05, 3.63) is 18.3 Å². The third-order valence-corrected chi connectivity index (χ3v) is 3.16. The lowest BCUT2D eigenvalue weighted by Crippen LogP contribution is -2.56. The molecular formula is C12H18N4O. The number of anilines is 2. The summed E-state index contributed by atoms with van der Waals surface area (Å²) in [5.41, 5.74) is 6.00. The largest absolute Gasteiger partial charge is 0.361 e. The molecule has 1 aliphatic carbocycles. The first-order chi connectivity index (χ1) is 8.03. The highest BCUT2D eigenvalue weighted by Gasteiger charge is 2.40. The fourth-order valence-corrected chi connectivity index (χ4v) is 1.88. The predicted octanol–water partition coefficient (Wildman–Crippen LogP) is 0.967. The highest BCUT2D eigenvalue weighted by molar-refractivity contribution is 6.00. The molecule has 0 unspecified atom stereocenters. The molecule has 1 saturated carbocycles. The van der Waals surface area contributed by atoms with Gasteiger partial charge in [0.25, 0.3) is 0 Å². The zero-order valence-electron chi connectivity index (χ0n) is 10.2. The Balaban J connectivity index is 2.16. The summed E-state index contributed by atoms with van der Waals surface area (Å²) < 4.78 is 0. The SMILES string of the molecule is CN(C)c1ncccc1NC(=O)C1(N)CCC1. The van der Waals surface area contributed by atoms with E-state index < -0.39 is 5.54 Å². The number of rotatable bonds is 3. The van der Waals surface area contributed by atoms with E-state index in [9.17, 15) is 4.79 Å². The Kier molecular flexibility index (Phi) is 3.02. The molecule has 5 nitrogen and oxygen atoms in total. The standard InChI is InChI=1S/C12H18N4O/c1-16(2)10-9(5-3-8-14-10)15-11(17)12(13)6-4-7-12/h3,5,8H,4,6-7,13H2,1-2H3,(H,15,17). The zero-order valence-corrected chi connectivity index (χ0v) is 10.2. The van der Waals surface area contributed by atoms with E-state index in [0.717, 1.165) is 25.1 Å². The number of pyridine rings is 1. The van der Waals surface area contributed by atoms with Crippen LogP contribution in [0.4, 0.5) is 11.5 Å². The summed E-state index contributed by atoms with van der Waals surface area (Å²) in [6, 6.07) is 3.63. The van der Waals surface area contributed by atoms with Crippen LogP contribution in [-0.2, 0) is 4.79 Å². The second kappa shape index (κ2) is 4.33. The number of aromatic nitrogens is 1. The zero-order chi connectivity index (χ0) is 12.5. The summed E-state index contributed by atoms with van der Waals surface area (Å²) >= 11 is 0. The fourth-order valence-electron chi connectivity index (χ4n) is 1.88. The fraction of sp³-hybridized carbons (Fsp3) is 0.500. The molecule has 0 radical (unpaired) electrons. The summed E-state index contributed by atoms with van der Waals surface area (Å²) in [6.45, 7) is 0. The second-order valence-corrected chi connectivity index (χ2v) is 4.73. The molecule has 0 spiro atoms. The van der Waals surface area contributed by atoms with E-state index in [4.69, 9.17) is 5.73 Å². The molecule has 0 atom stereocenters. The van der Waals surface area contributed by atoms with Crippen molar-refractivity contribution in [1.82, 2.24) is 4.98 Å².